The molecule has 0 radical (unpaired) electrons. The Morgan fingerprint density at radius 2 is 1.92 bits per heavy atom. The van der Waals surface area contributed by atoms with E-state index < -0.39 is 5.60 Å². The summed E-state index contributed by atoms with van der Waals surface area (Å²) in [5.74, 6) is 4.37. The van der Waals surface area contributed by atoms with Crippen LogP contribution in [0.1, 0.15) is 83.7 Å². The maximum Gasteiger partial charge on any atom is 0.261 e. The maximum atomic E-state index is 12.3. The number of nitrogens with zero attached hydrogens (tertiary/aromatic N) is 1. The largest absolute Gasteiger partial charge is 0.385 e. The summed E-state index contributed by atoms with van der Waals surface area (Å²) in [6, 6.07) is 9.83. The fourth-order valence-corrected chi connectivity index (χ4v) is 8.18. The zero-order valence-electron chi connectivity index (χ0n) is 21.9. The monoisotopic (exact) mass is 488 g/mol. The number of carbonyl (C=O) groups excluding carboxylic acids is 1. The molecular formula is C31H40N2O3. The molecule has 3 fully saturated rings. The molecule has 2 N–H and O–H groups in total. The highest BCUT2D eigenvalue weighted by molar-refractivity contribution is 5.96. The number of rotatable bonds is 5. The summed E-state index contributed by atoms with van der Waals surface area (Å²) in [5.41, 5.74) is 2.54. The lowest BCUT2D eigenvalue weighted by molar-refractivity contribution is -0.126. The lowest BCUT2D eigenvalue weighted by atomic mass is 9.46. The first-order chi connectivity index (χ1) is 17.2. The Morgan fingerprint density at radius 3 is 2.67 bits per heavy atom. The minimum absolute atomic E-state index is 0.0727. The van der Waals surface area contributed by atoms with Gasteiger partial charge in [-0.3, -0.25) is 4.79 Å². The Balaban J connectivity index is 1.21. The average Bonchev–Trinajstić information content (AvgIpc) is 3.15. The van der Waals surface area contributed by atoms with Crippen LogP contribution in [0.5, 0.6) is 0 Å². The predicted octanol–water partition coefficient (Wildman–Crippen LogP) is 5.56. The summed E-state index contributed by atoms with van der Waals surface area (Å²) in [7, 11) is 0. The number of amides is 1. The molecular weight excluding hydrogens is 448 g/mol. The molecule has 192 valence electrons. The SMILES string of the molecule is C#C[C@@]1(O)CCC2[C@H]3CCC4=C/C(=N/OCC(=O)NC(C)c5ccccc5)CC[C@@]4(C)C3CC[C@]21C. The number of hydrogen-bond donors (Lipinski definition) is 2. The van der Waals surface area contributed by atoms with E-state index in [1.165, 1.54) is 5.57 Å². The molecule has 36 heavy (non-hydrogen) atoms. The van der Waals surface area contributed by atoms with E-state index in [1.807, 2.05) is 37.3 Å². The Hall–Kier alpha value is -2.58. The summed E-state index contributed by atoms with van der Waals surface area (Å²) >= 11 is 0. The minimum atomic E-state index is -0.950. The predicted molar refractivity (Wildman–Crippen MR) is 142 cm³/mol. The van der Waals surface area contributed by atoms with Gasteiger partial charge in [-0.05, 0) is 93.1 Å². The van der Waals surface area contributed by atoms with Crippen molar-refractivity contribution in [3.63, 3.8) is 0 Å². The van der Waals surface area contributed by atoms with Gasteiger partial charge >= 0.3 is 0 Å². The highest BCUT2D eigenvalue weighted by atomic mass is 16.6. The van der Waals surface area contributed by atoms with Gasteiger partial charge in [0.15, 0.2) is 6.61 Å². The van der Waals surface area contributed by atoms with Crippen molar-refractivity contribution in [1.29, 1.82) is 0 Å². The standard InChI is InChI=1S/C31H40N2O3/c1-5-31(35)18-15-27-25-12-11-23-19-24(13-16-29(23,3)26(25)14-17-30(27,31)4)33-36-20-28(34)32-21(2)22-9-7-6-8-10-22/h1,6-10,19,21,25-27,35H,11-18,20H2,2-4H3,(H,32,34)/b33-24+/t21?,25-,26?,27?,29+,30+,31+/m0/s1. The topological polar surface area (TPSA) is 70.9 Å². The van der Waals surface area contributed by atoms with Crippen LogP contribution in [-0.4, -0.2) is 28.9 Å². The summed E-state index contributed by atoms with van der Waals surface area (Å²) in [4.78, 5) is 17.8. The van der Waals surface area contributed by atoms with Crippen molar-refractivity contribution in [1.82, 2.24) is 5.32 Å². The van der Waals surface area contributed by atoms with Gasteiger partial charge in [0, 0.05) is 5.41 Å². The van der Waals surface area contributed by atoms with Crippen LogP contribution < -0.4 is 5.32 Å². The van der Waals surface area contributed by atoms with E-state index in [1.54, 1.807) is 0 Å². The molecule has 0 aliphatic heterocycles. The molecule has 0 saturated heterocycles. The van der Waals surface area contributed by atoms with Gasteiger partial charge < -0.3 is 15.3 Å². The molecule has 3 unspecified atom stereocenters. The van der Waals surface area contributed by atoms with Crippen LogP contribution in [0.3, 0.4) is 0 Å². The average molecular weight is 489 g/mol. The molecule has 0 spiro atoms. The first-order valence-corrected chi connectivity index (χ1v) is 13.6. The van der Waals surface area contributed by atoms with Crippen LogP contribution in [0.2, 0.25) is 0 Å². The van der Waals surface area contributed by atoms with Crippen molar-refractivity contribution >= 4 is 11.6 Å². The van der Waals surface area contributed by atoms with E-state index in [9.17, 15) is 9.90 Å². The van der Waals surface area contributed by atoms with E-state index in [0.29, 0.717) is 17.8 Å². The van der Waals surface area contributed by atoms with Gasteiger partial charge in [0.2, 0.25) is 0 Å². The highest BCUT2D eigenvalue weighted by Gasteiger charge is 2.63. The van der Waals surface area contributed by atoms with Gasteiger partial charge in [0.1, 0.15) is 5.60 Å². The number of hydrogen-bond acceptors (Lipinski definition) is 4. The van der Waals surface area contributed by atoms with Crippen LogP contribution in [0.4, 0.5) is 0 Å². The van der Waals surface area contributed by atoms with Crippen molar-refractivity contribution < 1.29 is 14.7 Å². The second kappa shape index (κ2) is 9.38. The Bertz CT molecular complexity index is 1100. The highest BCUT2D eigenvalue weighted by Crippen LogP contribution is 2.67. The lowest BCUT2D eigenvalue weighted by Crippen LogP contribution is -2.54. The van der Waals surface area contributed by atoms with Crippen molar-refractivity contribution in [3.8, 4) is 12.3 Å². The summed E-state index contributed by atoms with van der Waals surface area (Å²) in [5, 5.41) is 18.5. The normalized spacial score (nSPS) is 39.1. The fourth-order valence-electron chi connectivity index (χ4n) is 8.18. The number of benzene rings is 1. The third kappa shape index (κ3) is 4.08. The smallest absolute Gasteiger partial charge is 0.261 e. The zero-order valence-corrected chi connectivity index (χ0v) is 21.9. The summed E-state index contributed by atoms with van der Waals surface area (Å²) < 4.78 is 0. The van der Waals surface area contributed by atoms with Crippen LogP contribution >= 0.6 is 0 Å². The minimum Gasteiger partial charge on any atom is -0.385 e. The fraction of sp³-hybridized carbons (Fsp3) is 0.613. The Labute approximate surface area is 215 Å². The van der Waals surface area contributed by atoms with Gasteiger partial charge in [-0.2, -0.15) is 0 Å². The molecule has 4 aliphatic rings. The molecule has 3 saturated carbocycles. The quantitative estimate of drug-likeness (QED) is 0.421. The van der Waals surface area contributed by atoms with Gasteiger partial charge in [0.05, 0.1) is 11.8 Å². The molecule has 5 nitrogen and oxygen atoms in total. The third-order valence-electron chi connectivity index (χ3n) is 10.4. The van der Waals surface area contributed by atoms with Gasteiger partial charge in [-0.25, -0.2) is 0 Å². The molecule has 5 rings (SSSR count). The molecule has 0 bridgehead atoms. The maximum absolute atomic E-state index is 12.3. The van der Waals surface area contributed by atoms with Crippen molar-refractivity contribution in [2.75, 3.05) is 6.61 Å². The Kier molecular flexibility index (Phi) is 6.53. The molecule has 4 aliphatic carbocycles. The third-order valence-corrected chi connectivity index (χ3v) is 10.4. The van der Waals surface area contributed by atoms with Crippen LogP contribution in [0.15, 0.2) is 47.1 Å². The number of terminal acetylenes is 1. The molecule has 0 heterocycles. The van der Waals surface area contributed by atoms with Crippen LogP contribution in [-0.2, 0) is 9.63 Å². The number of nitrogens with one attached hydrogen (secondary N) is 1. The molecule has 0 aromatic heterocycles. The van der Waals surface area contributed by atoms with Crippen molar-refractivity contribution in [2.24, 2.45) is 33.7 Å². The Morgan fingerprint density at radius 1 is 1.17 bits per heavy atom. The number of fused-ring (bicyclic) bond motifs is 5. The molecule has 1 amide bonds. The van der Waals surface area contributed by atoms with Crippen molar-refractivity contribution in [3.05, 3.63) is 47.5 Å². The molecule has 1 aromatic carbocycles. The number of oxime groups is 1. The summed E-state index contributed by atoms with van der Waals surface area (Å²) in [6.07, 6.45) is 16.1. The van der Waals surface area contributed by atoms with E-state index in [-0.39, 0.29) is 29.4 Å². The second-order valence-electron chi connectivity index (χ2n) is 12.1. The number of carbonyl (C=O) groups is 1. The number of allylic oxidation sites excluding steroid dienone is 2. The molecule has 7 atom stereocenters. The van der Waals surface area contributed by atoms with E-state index in [2.05, 4.69) is 36.3 Å². The lowest BCUT2D eigenvalue weighted by Gasteiger charge is -2.58. The van der Waals surface area contributed by atoms with E-state index >= 15 is 0 Å². The second-order valence-corrected chi connectivity index (χ2v) is 12.1. The van der Waals surface area contributed by atoms with Crippen LogP contribution in [0, 0.1) is 40.9 Å². The van der Waals surface area contributed by atoms with Crippen molar-refractivity contribution in [2.45, 2.75) is 83.8 Å². The van der Waals surface area contributed by atoms with E-state index in [0.717, 1.165) is 62.6 Å². The first kappa shape index (κ1) is 25.1. The molecule has 5 heteroatoms. The van der Waals surface area contributed by atoms with E-state index in [4.69, 9.17) is 11.3 Å². The molecule has 1 aromatic rings. The summed E-state index contributed by atoms with van der Waals surface area (Å²) in [6.45, 7) is 6.57. The number of aliphatic hydroxyl groups is 1. The first-order valence-electron chi connectivity index (χ1n) is 13.6. The van der Waals surface area contributed by atoms with Gasteiger partial charge in [-0.15, -0.1) is 6.42 Å². The van der Waals surface area contributed by atoms with Crippen LogP contribution in [0.25, 0.3) is 0 Å². The van der Waals surface area contributed by atoms with Gasteiger partial charge in [-0.1, -0.05) is 60.8 Å². The zero-order chi connectivity index (χ0) is 25.6. The van der Waals surface area contributed by atoms with Gasteiger partial charge in [0.25, 0.3) is 5.91 Å².